The lowest BCUT2D eigenvalue weighted by Crippen LogP contribution is -2.16. The van der Waals surface area contributed by atoms with Gasteiger partial charge in [-0.05, 0) is 30.3 Å². The molecule has 3 rings (SSSR count). The Morgan fingerprint density at radius 1 is 1.31 bits per heavy atom. The molecule has 0 spiro atoms. The Morgan fingerprint density at radius 3 is 2.69 bits per heavy atom. The molecule has 2 aromatic carbocycles. The van der Waals surface area contributed by atoms with Gasteiger partial charge in [-0.3, -0.25) is 4.79 Å². The van der Waals surface area contributed by atoms with Crippen molar-refractivity contribution in [2.75, 3.05) is 6.26 Å². The van der Waals surface area contributed by atoms with Gasteiger partial charge in [-0.2, -0.15) is 4.99 Å². The molecule has 132 valence electrons. The molecular formula is C18H13ClN2O3S2. The third-order valence-corrected chi connectivity index (χ3v) is 6.11. The van der Waals surface area contributed by atoms with Gasteiger partial charge in [0.1, 0.15) is 0 Å². The summed E-state index contributed by atoms with van der Waals surface area (Å²) in [6, 6.07) is 11.4. The minimum absolute atomic E-state index is 0.197. The van der Waals surface area contributed by atoms with Gasteiger partial charge in [0.25, 0.3) is 5.91 Å². The van der Waals surface area contributed by atoms with E-state index in [1.165, 1.54) is 17.4 Å². The average molecular weight is 405 g/mol. The summed E-state index contributed by atoms with van der Waals surface area (Å²) in [5.41, 5.74) is 1.00. The summed E-state index contributed by atoms with van der Waals surface area (Å²) in [5, 5.41) is 0.310. The quantitative estimate of drug-likeness (QED) is 0.630. The lowest BCUT2D eigenvalue weighted by atomic mass is 10.2. The highest BCUT2D eigenvalue weighted by Gasteiger charge is 2.14. The van der Waals surface area contributed by atoms with E-state index in [1.807, 2.05) is 0 Å². The van der Waals surface area contributed by atoms with Crippen molar-refractivity contribution in [3.63, 3.8) is 0 Å². The first kappa shape index (κ1) is 18.4. The Balaban J connectivity index is 2.22. The lowest BCUT2D eigenvalue weighted by molar-refractivity contribution is 0.0998. The molecule has 0 aliphatic carbocycles. The second-order valence-electron chi connectivity index (χ2n) is 5.47. The minimum atomic E-state index is -3.34. The van der Waals surface area contributed by atoms with E-state index in [-0.39, 0.29) is 17.0 Å². The molecule has 0 radical (unpaired) electrons. The van der Waals surface area contributed by atoms with Gasteiger partial charge in [-0.1, -0.05) is 41.0 Å². The highest BCUT2D eigenvalue weighted by atomic mass is 35.5. The van der Waals surface area contributed by atoms with E-state index >= 15 is 0 Å². The number of carbonyl (C=O) groups is 1. The number of hydrogen-bond acceptors (Lipinski definition) is 4. The van der Waals surface area contributed by atoms with Crippen molar-refractivity contribution in [2.24, 2.45) is 4.99 Å². The lowest BCUT2D eigenvalue weighted by Gasteiger charge is -2.02. The number of hydrogen-bond donors (Lipinski definition) is 0. The van der Waals surface area contributed by atoms with Crippen molar-refractivity contribution >= 4 is 48.9 Å². The van der Waals surface area contributed by atoms with Gasteiger partial charge in [-0.15, -0.1) is 6.42 Å². The van der Waals surface area contributed by atoms with Crippen molar-refractivity contribution in [3.05, 3.63) is 57.9 Å². The number of sulfone groups is 1. The molecule has 3 aromatic rings. The fraction of sp³-hybridized carbons (Fsp3) is 0.111. The molecule has 0 saturated heterocycles. The Hall–Kier alpha value is -2.40. The van der Waals surface area contributed by atoms with Crippen LogP contribution in [0.4, 0.5) is 0 Å². The summed E-state index contributed by atoms with van der Waals surface area (Å²) >= 11 is 7.25. The van der Waals surface area contributed by atoms with E-state index in [0.717, 1.165) is 6.26 Å². The number of halogens is 1. The van der Waals surface area contributed by atoms with Crippen molar-refractivity contribution in [1.82, 2.24) is 4.57 Å². The number of amides is 1. The molecule has 0 fully saturated rings. The molecule has 26 heavy (non-hydrogen) atoms. The van der Waals surface area contributed by atoms with Crippen LogP contribution in [-0.4, -0.2) is 25.1 Å². The molecule has 1 amide bonds. The number of rotatable bonds is 3. The maximum atomic E-state index is 12.5. The largest absolute Gasteiger partial charge is 0.305 e. The zero-order chi connectivity index (χ0) is 18.9. The first-order valence-electron chi connectivity index (χ1n) is 7.42. The molecule has 1 heterocycles. The average Bonchev–Trinajstić information content (AvgIpc) is 2.91. The molecule has 0 saturated carbocycles. The molecule has 1 aromatic heterocycles. The van der Waals surface area contributed by atoms with Gasteiger partial charge in [0.05, 0.1) is 32.2 Å². The van der Waals surface area contributed by atoms with Crippen LogP contribution in [0.1, 0.15) is 10.4 Å². The van der Waals surface area contributed by atoms with Crippen LogP contribution in [0.5, 0.6) is 0 Å². The van der Waals surface area contributed by atoms with Crippen LogP contribution in [0.15, 0.2) is 52.4 Å². The van der Waals surface area contributed by atoms with Gasteiger partial charge in [-0.25, -0.2) is 8.42 Å². The van der Waals surface area contributed by atoms with Crippen molar-refractivity contribution in [1.29, 1.82) is 0 Å². The fourth-order valence-corrected chi connectivity index (χ4v) is 4.40. The van der Waals surface area contributed by atoms with E-state index in [9.17, 15) is 13.2 Å². The minimum Gasteiger partial charge on any atom is -0.305 e. The molecular weight excluding hydrogens is 392 g/mol. The monoisotopic (exact) mass is 404 g/mol. The van der Waals surface area contributed by atoms with Gasteiger partial charge in [0.2, 0.25) is 0 Å². The third kappa shape index (κ3) is 3.58. The van der Waals surface area contributed by atoms with Gasteiger partial charge in [0.15, 0.2) is 14.6 Å². The van der Waals surface area contributed by atoms with Crippen molar-refractivity contribution < 1.29 is 13.2 Å². The summed E-state index contributed by atoms with van der Waals surface area (Å²) in [6.07, 6.45) is 6.58. The molecule has 0 unspecified atom stereocenters. The maximum Gasteiger partial charge on any atom is 0.281 e. The van der Waals surface area contributed by atoms with E-state index in [1.54, 1.807) is 41.0 Å². The molecule has 0 aliphatic heterocycles. The van der Waals surface area contributed by atoms with Crippen LogP contribution in [0.25, 0.3) is 10.2 Å². The zero-order valence-electron chi connectivity index (χ0n) is 13.6. The van der Waals surface area contributed by atoms with Gasteiger partial charge >= 0.3 is 0 Å². The van der Waals surface area contributed by atoms with Crippen LogP contribution >= 0.6 is 22.9 Å². The Bertz CT molecular complexity index is 1230. The first-order valence-corrected chi connectivity index (χ1v) is 10.5. The van der Waals surface area contributed by atoms with Crippen LogP contribution in [0.2, 0.25) is 5.02 Å². The van der Waals surface area contributed by atoms with Crippen LogP contribution in [-0.2, 0) is 16.4 Å². The van der Waals surface area contributed by atoms with Crippen LogP contribution < -0.4 is 4.80 Å². The predicted octanol–water partition coefficient (Wildman–Crippen LogP) is 3.13. The van der Waals surface area contributed by atoms with E-state index in [0.29, 0.717) is 20.0 Å². The Morgan fingerprint density at radius 2 is 2.04 bits per heavy atom. The number of terminal acetylenes is 1. The maximum absolute atomic E-state index is 12.5. The molecule has 5 nitrogen and oxygen atoms in total. The highest BCUT2D eigenvalue weighted by molar-refractivity contribution is 7.90. The molecule has 0 N–H and O–H groups in total. The third-order valence-electron chi connectivity index (χ3n) is 3.63. The molecule has 8 heteroatoms. The number of nitrogens with zero attached hydrogens (tertiary/aromatic N) is 2. The van der Waals surface area contributed by atoms with Gasteiger partial charge in [0, 0.05) is 6.26 Å². The number of thiazole rings is 1. The van der Waals surface area contributed by atoms with E-state index < -0.39 is 15.7 Å². The fourth-order valence-electron chi connectivity index (χ4n) is 2.40. The first-order chi connectivity index (χ1) is 12.3. The summed E-state index contributed by atoms with van der Waals surface area (Å²) in [7, 11) is -3.34. The second kappa shape index (κ2) is 7.08. The van der Waals surface area contributed by atoms with Crippen LogP contribution in [0, 0.1) is 12.3 Å². The number of carbonyl (C=O) groups excluding carboxylic acids is 1. The predicted molar refractivity (Wildman–Crippen MR) is 103 cm³/mol. The molecule has 0 aliphatic rings. The second-order valence-corrected chi connectivity index (χ2v) is 8.91. The smallest absolute Gasteiger partial charge is 0.281 e. The Labute approximate surface area is 159 Å². The van der Waals surface area contributed by atoms with Gasteiger partial charge < -0.3 is 4.57 Å². The number of benzene rings is 2. The molecule has 0 bridgehead atoms. The topological polar surface area (TPSA) is 68.5 Å². The highest BCUT2D eigenvalue weighted by Crippen LogP contribution is 2.22. The number of aromatic nitrogens is 1. The number of fused-ring (bicyclic) bond motifs is 1. The van der Waals surface area contributed by atoms with Crippen molar-refractivity contribution in [3.8, 4) is 12.3 Å². The van der Waals surface area contributed by atoms with Crippen LogP contribution in [0.3, 0.4) is 0 Å². The Kier molecular flexibility index (Phi) is 5.01. The normalized spacial score (nSPS) is 12.3. The summed E-state index contributed by atoms with van der Waals surface area (Å²) in [4.78, 5) is 17.2. The summed E-state index contributed by atoms with van der Waals surface area (Å²) < 4.78 is 25.9. The standard InChI is InChI=1S/C18H13ClN2O3S2/c1-3-10-21-15-9-8-12(26(2,23)24)11-16(15)25-18(21)20-17(22)13-6-4-5-7-14(13)19/h1,4-9,11H,10H2,2H3. The van der Waals surface area contributed by atoms with E-state index in [2.05, 4.69) is 10.9 Å². The molecule has 0 atom stereocenters. The summed E-state index contributed by atoms with van der Waals surface area (Å²) in [5.74, 6) is 2.04. The summed E-state index contributed by atoms with van der Waals surface area (Å²) in [6.45, 7) is 0.201. The van der Waals surface area contributed by atoms with Crippen molar-refractivity contribution in [2.45, 2.75) is 11.4 Å². The zero-order valence-corrected chi connectivity index (χ0v) is 16.0. The van der Waals surface area contributed by atoms with E-state index in [4.69, 9.17) is 18.0 Å². The SMILES string of the molecule is C#CCn1c(=NC(=O)c2ccccc2Cl)sc2cc(S(C)(=O)=O)ccc21.